The summed E-state index contributed by atoms with van der Waals surface area (Å²) in [5.41, 5.74) is 0. The number of rotatable bonds is 2. The Morgan fingerprint density at radius 2 is 0.923 bits per heavy atom. The summed E-state index contributed by atoms with van der Waals surface area (Å²) in [6.45, 7) is 0. The summed E-state index contributed by atoms with van der Waals surface area (Å²) >= 11 is 0. The summed E-state index contributed by atoms with van der Waals surface area (Å²) in [6.07, 6.45) is 0. The van der Waals surface area contributed by atoms with Crippen LogP contribution in [0.2, 0.25) is 0 Å². The Balaban J connectivity index is -0.0000000533. The van der Waals surface area contributed by atoms with E-state index in [1.165, 1.54) is 0 Å². The zero-order chi connectivity index (χ0) is 7.71. The zero-order valence-electron chi connectivity index (χ0n) is 7.75. The Morgan fingerprint density at radius 1 is 0.769 bits per heavy atom. The molecule has 56 valence electrons. The van der Waals surface area contributed by atoms with Crippen LogP contribution in [-0.2, 0) is 13.4 Å². The second-order valence-corrected chi connectivity index (χ2v) is 3.42. The summed E-state index contributed by atoms with van der Waals surface area (Å²) in [6, 6.07) is 0. The fraction of sp³-hybridized carbons (Fsp3) is 0. The van der Waals surface area contributed by atoms with Gasteiger partial charge in [-0.25, -0.2) is 0 Å². The Morgan fingerprint density at radius 3 is 0.923 bits per heavy atom. The molecule has 0 radical (unpaired) electrons. The van der Waals surface area contributed by atoms with Gasteiger partial charge in [-0.2, -0.15) is 0 Å². The van der Waals surface area contributed by atoms with Crippen LogP contribution in [0.3, 0.4) is 0 Å². The maximum absolute atomic E-state index is 9.32. The van der Waals surface area contributed by atoms with Crippen LogP contribution < -0.4 is 160 Å². The molecule has 0 saturated heterocycles. The molecule has 0 aromatic carbocycles. The summed E-state index contributed by atoms with van der Waals surface area (Å²) in [7, 11) is -11.4. The molecular formula is KNa3O7P2. The van der Waals surface area contributed by atoms with Gasteiger partial charge in [-0.15, -0.1) is 0 Å². The normalized spacial score (nSPS) is 9.54. The van der Waals surface area contributed by atoms with Crippen molar-refractivity contribution in [3.63, 3.8) is 0 Å². The van der Waals surface area contributed by atoms with Crippen LogP contribution >= 0.6 is 15.6 Å². The van der Waals surface area contributed by atoms with Crippen molar-refractivity contribution in [2.75, 3.05) is 0 Å². The maximum Gasteiger partial charge on any atom is 1.00 e. The molecule has 0 aliphatic heterocycles. The van der Waals surface area contributed by atoms with E-state index in [0.717, 1.165) is 0 Å². The minimum absolute atomic E-state index is 0. The molecule has 0 fully saturated rings. The largest absolute Gasteiger partial charge is 1.00 e. The van der Waals surface area contributed by atoms with Gasteiger partial charge in [0.1, 0.15) is 0 Å². The number of hydrogen-bond acceptors (Lipinski definition) is 7. The van der Waals surface area contributed by atoms with Crippen LogP contribution in [0.15, 0.2) is 0 Å². The predicted molar refractivity (Wildman–Crippen MR) is 16.3 cm³/mol. The van der Waals surface area contributed by atoms with Crippen molar-refractivity contribution < 1.29 is 173 Å². The van der Waals surface area contributed by atoms with E-state index in [0.29, 0.717) is 0 Å². The van der Waals surface area contributed by atoms with Gasteiger partial charge in [-0.3, -0.25) is 0 Å². The van der Waals surface area contributed by atoms with Gasteiger partial charge in [0.25, 0.3) is 0 Å². The maximum atomic E-state index is 9.32. The standard InChI is InChI=1S/K.3Na.H4O7P2/c;;;;1-8(2,3)7-9(4,5)6/h;;;;(H2,1,2,3)(H2,4,5,6)/q4*+1;/p-4. The van der Waals surface area contributed by atoms with Gasteiger partial charge in [-0.05, 0) is 0 Å². The van der Waals surface area contributed by atoms with Gasteiger partial charge in [0, 0.05) is 0 Å². The fourth-order valence-electron chi connectivity index (χ4n) is 0.122. The third-order valence-corrected chi connectivity index (χ3v) is 1.80. The monoisotopic (exact) mass is 282 g/mol. The van der Waals surface area contributed by atoms with E-state index in [1.807, 2.05) is 0 Å². The molecule has 0 heterocycles. The van der Waals surface area contributed by atoms with Gasteiger partial charge in [-0.1, -0.05) is 0 Å². The minimum atomic E-state index is -5.68. The average Bonchev–Trinajstić information content (AvgIpc) is 1.14. The van der Waals surface area contributed by atoms with Crippen LogP contribution in [0.5, 0.6) is 0 Å². The molecule has 0 unspecified atom stereocenters. The summed E-state index contributed by atoms with van der Waals surface area (Å²) < 4.78 is 21.2. The van der Waals surface area contributed by atoms with Crippen LogP contribution in [0, 0.1) is 0 Å². The van der Waals surface area contributed by atoms with Crippen LogP contribution in [-0.4, -0.2) is 0 Å². The van der Waals surface area contributed by atoms with Gasteiger partial charge < -0.3 is 33.0 Å². The molecule has 0 saturated carbocycles. The predicted octanol–water partition coefficient (Wildman–Crippen LogP) is -15.3. The van der Waals surface area contributed by atoms with Gasteiger partial charge in [0.05, 0.1) is 15.6 Å². The molecule has 13 heteroatoms. The van der Waals surface area contributed by atoms with E-state index in [2.05, 4.69) is 4.31 Å². The van der Waals surface area contributed by atoms with E-state index in [9.17, 15) is 28.7 Å². The van der Waals surface area contributed by atoms with Crippen molar-refractivity contribution in [3.05, 3.63) is 0 Å². The molecule has 13 heavy (non-hydrogen) atoms. The SMILES string of the molecule is O=P([O-])([O-])OP(=O)([O-])[O-].[K+].[Na+].[Na+].[Na+]. The molecule has 0 rings (SSSR count). The molecule has 0 atom stereocenters. The van der Waals surface area contributed by atoms with Crippen molar-refractivity contribution >= 4 is 15.6 Å². The number of hydrogen-bond donors (Lipinski definition) is 0. The molecule has 0 bridgehead atoms. The van der Waals surface area contributed by atoms with E-state index in [4.69, 9.17) is 0 Å². The molecule has 0 amide bonds. The first-order valence-corrected chi connectivity index (χ1v) is 4.38. The summed E-state index contributed by atoms with van der Waals surface area (Å²) in [4.78, 5) is 37.3. The Labute approximate surface area is 184 Å². The van der Waals surface area contributed by atoms with Gasteiger partial charge in [0.2, 0.25) is 0 Å². The first kappa shape index (κ1) is 30.7. The molecule has 0 spiro atoms. The van der Waals surface area contributed by atoms with E-state index >= 15 is 0 Å². The van der Waals surface area contributed by atoms with Gasteiger partial charge in [0.15, 0.2) is 0 Å². The van der Waals surface area contributed by atoms with Gasteiger partial charge >= 0.3 is 140 Å². The smallest absolute Gasteiger partial charge is 0.790 e. The average molecular weight is 282 g/mol. The Bertz CT molecular complexity index is 162. The molecule has 0 aliphatic rings. The second-order valence-electron chi connectivity index (χ2n) is 0.976. The molecular weight excluding hydrogens is 282 g/mol. The Hall–Kier alpha value is 4.90. The molecule has 0 aliphatic carbocycles. The van der Waals surface area contributed by atoms with Crippen LogP contribution in [0.4, 0.5) is 0 Å². The fourth-order valence-corrected chi connectivity index (χ4v) is 1.10. The quantitative estimate of drug-likeness (QED) is 0.362. The van der Waals surface area contributed by atoms with Crippen LogP contribution in [0.1, 0.15) is 0 Å². The second kappa shape index (κ2) is 13.3. The van der Waals surface area contributed by atoms with Crippen LogP contribution in [0.25, 0.3) is 0 Å². The zero-order valence-corrected chi connectivity index (χ0v) is 18.7. The summed E-state index contributed by atoms with van der Waals surface area (Å²) in [5, 5.41) is 0. The van der Waals surface area contributed by atoms with Crippen molar-refractivity contribution in [2.24, 2.45) is 0 Å². The first-order valence-electron chi connectivity index (χ1n) is 1.46. The summed E-state index contributed by atoms with van der Waals surface area (Å²) in [5.74, 6) is 0. The molecule has 0 aromatic rings. The van der Waals surface area contributed by atoms with E-state index in [1.54, 1.807) is 0 Å². The molecule has 0 N–H and O–H groups in total. The third kappa shape index (κ3) is 31.6. The minimum Gasteiger partial charge on any atom is -0.790 e. The Kier molecular flexibility index (Phi) is 31.5. The van der Waals surface area contributed by atoms with Crippen molar-refractivity contribution in [3.8, 4) is 0 Å². The number of phosphoric acid groups is 2. The van der Waals surface area contributed by atoms with E-state index < -0.39 is 15.6 Å². The third-order valence-electron chi connectivity index (χ3n) is 0.200. The molecule has 7 nitrogen and oxygen atoms in total. The van der Waals surface area contributed by atoms with Crippen molar-refractivity contribution in [2.45, 2.75) is 0 Å². The topological polar surface area (TPSA) is 136 Å². The van der Waals surface area contributed by atoms with E-state index in [-0.39, 0.29) is 140 Å². The molecule has 0 aromatic heterocycles. The van der Waals surface area contributed by atoms with Crippen molar-refractivity contribution in [1.29, 1.82) is 0 Å². The first-order chi connectivity index (χ1) is 3.71. The van der Waals surface area contributed by atoms with Crippen molar-refractivity contribution in [1.82, 2.24) is 0 Å².